The fraction of sp³-hybridized carbons (Fsp3) is 0.381. The van der Waals surface area contributed by atoms with Gasteiger partial charge in [-0.15, -0.1) is 0 Å². The van der Waals surface area contributed by atoms with Gasteiger partial charge in [-0.05, 0) is 55.7 Å². The summed E-state index contributed by atoms with van der Waals surface area (Å²) in [6.45, 7) is 5.65. The number of aryl methyl sites for hydroxylation is 1. The molecular weight excluding hydrogens is 348 g/mol. The fourth-order valence-corrected chi connectivity index (χ4v) is 2.61. The van der Waals surface area contributed by atoms with Gasteiger partial charge in [0.2, 0.25) is 0 Å². The average molecular weight is 377 g/mol. The van der Waals surface area contributed by atoms with Gasteiger partial charge < -0.3 is 27.8 Å². The first-order chi connectivity index (χ1) is 12.2. The lowest BCUT2D eigenvalue weighted by atomic mass is 10.2. The van der Waals surface area contributed by atoms with Crippen LogP contribution in [0.1, 0.15) is 38.2 Å². The summed E-state index contributed by atoms with van der Waals surface area (Å²) in [6.07, 6.45) is 4.93. The maximum atomic E-state index is 12.1. The summed E-state index contributed by atoms with van der Waals surface area (Å²) >= 11 is 0. The minimum absolute atomic E-state index is 0. The maximum absolute atomic E-state index is 12.1. The number of anilines is 1. The van der Waals surface area contributed by atoms with Crippen LogP contribution < -0.4 is 27.8 Å². The zero-order valence-corrected chi connectivity index (χ0v) is 16.4. The first kappa shape index (κ1) is 22.0. The van der Waals surface area contributed by atoms with Crippen LogP contribution in [-0.4, -0.2) is 19.0 Å². The first-order valence-corrected chi connectivity index (χ1v) is 9.14. The summed E-state index contributed by atoms with van der Waals surface area (Å²) in [5, 5.41) is 5.05. The van der Waals surface area contributed by atoms with Crippen LogP contribution in [0.3, 0.4) is 0 Å². The van der Waals surface area contributed by atoms with Gasteiger partial charge in [-0.3, -0.25) is 4.79 Å². The molecule has 142 valence electrons. The van der Waals surface area contributed by atoms with Crippen LogP contribution >= 0.6 is 0 Å². The van der Waals surface area contributed by atoms with E-state index >= 15 is 0 Å². The molecule has 1 amide bonds. The van der Waals surface area contributed by atoms with Crippen LogP contribution in [0.4, 0.5) is 5.69 Å². The van der Waals surface area contributed by atoms with Gasteiger partial charge in [-0.25, -0.2) is 0 Å². The number of nitrogens with two attached hydrogens (primary N) is 1. The van der Waals surface area contributed by atoms with Crippen molar-refractivity contribution in [3.63, 3.8) is 0 Å². The van der Waals surface area contributed by atoms with E-state index in [1.54, 1.807) is 0 Å². The standard InChI is InChI=1S/C21H28N2O2.ClH/c1-3-4-5-9-14-22-16-21(24)23-20-13-12-19(15-17(20)2)25-18-10-7-6-8-11-18;/h6-8,10-13,15,22H,3-5,9,14,16H2,1-2H3,(H,23,24);1H. The smallest absolute Gasteiger partial charge is 0.279 e. The van der Waals surface area contributed by atoms with Crippen LogP contribution in [0.2, 0.25) is 0 Å². The van der Waals surface area contributed by atoms with Gasteiger partial charge in [0.15, 0.2) is 6.54 Å². The van der Waals surface area contributed by atoms with Crippen molar-refractivity contribution in [1.29, 1.82) is 0 Å². The van der Waals surface area contributed by atoms with Gasteiger partial charge in [0.25, 0.3) is 5.91 Å². The number of quaternary nitrogens is 1. The number of carbonyl (C=O) groups excluding carboxylic acids is 1. The summed E-state index contributed by atoms with van der Waals surface area (Å²) in [5.74, 6) is 1.61. The highest BCUT2D eigenvalue weighted by Gasteiger charge is 2.08. The van der Waals surface area contributed by atoms with Crippen LogP contribution in [0.25, 0.3) is 0 Å². The third-order valence-corrected chi connectivity index (χ3v) is 4.04. The molecule has 0 saturated heterocycles. The Kier molecular flexibility index (Phi) is 10.4. The predicted octanol–water partition coefficient (Wildman–Crippen LogP) is 0.874. The minimum atomic E-state index is 0. The van der Waals surface area contributed by atoms with Crippen LogP contribution in [0, 0.1) is 6.92 Å². The monoisotopic (exact) mass is 376 g/mol. The zero-order chi connectivity index (χ0) is 17.9. The highest BCUT2D eigenvalue weighted by Crippen LogP contribution is 2.25. The van der Waals surface area contributed by atoms with Crippen molar-refractivity contribution in [3.8, 4) is 11.5 Å². The van der Waals surface area contributed by atoms with E-state index in [1.807, 2.05) is 55.5 Å². The Labute approximate surface area is 162 Å². The van der Waals surface area contributed by atoms with Crippen molar-refractivity contribution in [2.45, 2.75) is 39.5 Å². The first-order valence-electron chi connectivity index (χ1n) is 9.14. The Balaban J connectivity index is 0.00000338. The van der Waals surface area contributed by atoms with Crippen LogP contribution in [-0.2, 0) is 4.79 Å². The predicted molar refractivity (Wildman–Crippen MR) is 102 cm³/mol. The number of halogens is 1. The zero-order valence-electron chi connectivity index (χ0n) is 15.6. The highest BCUT2D eigenvalue weighted by molar-refractivity contribution is 5.92. The Hall–Kier alpha value is -2.04. The van der Waals surface area contributed by atoms with E-state index in [0.717, 1.165) is 29.3 Å². The molecule has 2 aromatic carbocycles. The Morgan fingerprint density at radius 2 is 1.81 bits per heavy atom. The number of hydrogen-bond donors (Lipinski definition) is 2. The fourth-order valence-electron chi connectivity index (χ4n) is 2.61. The third kappa shape index (κ3) is 7.89. The summed E-state index contributed by atoms with van der Waals surface area (Å²) in [4.78, 5) is 12.1. The van der Waals surface area contributed by atoms with Crippen molar-refractivity contribution in [2.75, 3.05) is 18.4 Å². The second-order valence-corrected chi connectivity index (χ2v) is 6.28. The van der Waals surface area contributed by atoms with Crippen molar-refractivity contribution < 1.29 is 27.3 Å². The molecule has 0 fully saturated rings. The molecule has 0 saturated carbocycles. The van der Waals surface area contributed by atoms with E-state index in [9.17, 15) is 4.79 Å². The minimum Gasteiger partial charge on any atom is -1.00 e. The second kappa shape index (κ2) is 12.3. The molecule has 2 rings (SSSR count). The number of hydrogen-bond acceptors (Lipinski definition) is 2. The largest absolute Gasteiger partial charge is 1.00 e. The van der Waals surface area contributed by atoms with Crippen molar-refractivity contribution >= 4 is 11.6 Å². The second-order valence-electron chi connectivity index (χ2n) is 6.28. The van der Waals surface area contributed by atoms with Crippen LogP contribution in [0.5, 0.6) is 11.5 Å². The van der Waals surface area contributed by atoms with E-state index in [2.05, 4.69) is 17.6 Å². The summed E-state index contributed by atoms with van der Waals surface area (Å²) in [5.41, 5.74) is 1.83. The number of carbonyl (C=O) groups is 1. The van der Waals surface area contributed by atoms with Gasteiger partial charge in [0, 0.05) is 5.69 Å². The third-order valence-electron chi connectivity index (χ3n) is 4.04. The topological polar surface area (TPSA) is 54.9 Å². The molecule has 0 aliphatic carbocycles. The van der Waals surface area contributed by atoms with Gasteiger partial charge >= 0.3 is 0 Å². The van der Waals surface area contributed by atoms with Gasteiger partial charge in [0.1, 0.15) is 11.5 Å². The highest BCUT2D eigenvalue weighted by atomic mass is 35.5. The van der Waals surface area contributed by atoms with E-state index in [4.69, 9.17) is 4.74 Å². The summed E-state index contributed by atoms with van der Waals surface area (Å²) in [7, 11) is 0. The SMILES string of the molecule is CCCCCC[NH2+]CC(=O)Nc1ccc(Oc2ccccc2)cc1C.[Cl-]. The van der Waals surface area contributed by atoms with Gasteiger partial charge in [0.05, 0.1) is 6.54 Å². The molecule has 0 aliphatic heterocycles. The van der Waals surface area contributed by atoms with Crippen molar-refractivity contribution in [3.05, 3.63) is 54.1 Å². The van der Waals surface area contributed by atoms with E-state index < -0.39 is 0 Å². The lowest BCUT2D eigenvalue weighted by Crippen LogP contribution is -3.00. The van der Waals surface area contributed by atoms with Gasteiger partial charge in [-0.2, -0.15) is 0 Å². The molecule has 0 radical (unpaired) electrons. The number of ether oxygens (including phenoxy) is 1. The number of para-hydroxylation sites is 1. The average Bonchev–Trinajstić information content (AvgIpc) is 2.61. The number of rotatable bonds is 10. The molecule has 0 atom stereocenters. The number of benzene rings is 2. The maximum Gasteiger partial charge on any atom is 0.279 e. The molecule has 5 heteroatoms. The van der Waals surface area contributed by atoms with Crippen molar-refractivity contribution in [1.82, 2.24) is 0 Å². The molecule has 0 bridgehead atoms. The van der Waals surface area contributed by atoms with Crippen molar-refractivity contribution in [2.24, 2.45) is 0 Å². The molecule has 0 spiro atoms. The molecule has 2 aromatic rings. The van der Waals surface area contributed by atoms with E-state index in [-0.39, 0.29) is 18.3 Å². The molecule has 26 heavy (non-hydrogen) atoms. The molecular formula is C21H29ClN2O2. The van der Waals surface area contributed by atoms with Gasteiger partial charge in [-0.1, -0.05) is 38.0 Å². The normalized spacial score (nSPS) is 10.1. The number of amides is 1. The van der Waals surface area contributed by atoms with Crippen LogP contribution in [0.15, 0.2) is 48.5 Å². The number of unbranched alkanes of at least 4 members (excludes halogenated alkanes) is 3. The van der Waals surface area contributed by atoms with E-state index in [1.165, 1.54) is 25.7 Å². The lowest BCUT2D eigenvalue weighted by molar-refractivity contribution is -0.643. The molecule has 0 aromatic heterocycles. The number of nitrogens with one attached hydrogen (secondary N) is 1. The molecule has 3 N–H and O–H groups in total. The van der Waals surface area contributed by atoms with E-state index in [0.29, 0.717) is 6.54 Å². The lowest BCUT2D eigenvalue weighted by Gasteiger charge is -2.11. The molecule has 0 aliphatic rings. The molecule has 4 nitrogen and oxygen atoms in total. The quantitative estimate of drug-likeness (QED) is 0.605. The summed E-state index contributed by atoms with van der Waals surface area (Å²) in [6, 6.07) is 15.4. The Morgan fingerprint density at radius 1 is 1.04 bits per heavy atom. The Bertz CT molecular complexity index is 662. The Morgan fingerprint density at radius 3 is 2.50 bits per heavy atom. The molecule has 0 heterocycles. The summed E-state index contributed by atoms with van der Waals surface area (Å²) < 4.78 is 5.81. The molecule has 0 unspecified atom stereocenters.